The van der Waals surface area contributed by atoms with Crippen LogP contribution in [0.3, 0.4) is 0 Å². The van der Waals surface area contributed by atoms with Crippen LogP contribution >= 0.6 is 15.9 Å². The molecule has 1 aliphatic carbocycles. The second kappa shape index (κ2) is 6.52. The molecule has 0 spiro atoms. The Morgan fingerprint density at radius 1 is 0.905 bits per heavy atom. The van der Waals surface area contributed by atoms with Crippen LogP contribution in [0.1, 0.15) is 50.3 Å². The van der Waals surface area contributed by atoms with Crippen molar-refractivity contribution in [2.45, 2.75) is 44.4 Å². The molecule has 3 rings (SSSR count). The van der Waals surface area contributed by atoms with Crippen LogP contribution in [0, 0.1) is 0 Å². The predicted molar refractivity (Wildman–Crippen MR) is 87.8 cm³/mol. The van der Waals surface area contributed by atoms with Crippen molar-refractivity contribution in [3.63, 3.8) is 0 Å². The number of nitrogens with two attached hydrogens (primary N) is 1. The standard InChI is InChI=1S/C16H19BrN4/c17-13-9-7-12(8-10-13)15-19-14(20-16(18)21-15)11-5-3-1-2-4-6-11/h7-11H,1-6H2,(H2,18,19,20,21). The van der Waals surface area contributed by atoms with Crippen LogP contribution in [-0.2, 0) is 0 Å². The van der Waals surface area contributed by atoms with Crippen molar-refractivity contribution in [2.24, 2.45) is 0 Å². The first-order valence-corrected chi connectivity index (χ1v) is 8.29. The highest BCUT2D eigenvalue weighted by molar-refractivity contribution is 9.10. The Kier molecular flexibility index (Phi) is 4.48. The molecule has 0 atom stereocenters. The topological polar surface area (TPSA) is 64.7 Å². The van der Waals surface area contributed by atoms with Gasteiger partial charge in [-0.25, -0.2) is 4.98 Å². The van der Waals surface area contributed by atoms with E-state index in [1.165, 1.54) is 25.7 Å². The van der Waals surface area contributed by atoms with Gasteiger partial charge in [0, 0.05) is 16.0 Å². The van der Waals surface area contributed by atoms with Gasteiger partial charge in [0.25, 0.3) is 0 Å². The number of nitrogen functional groups attached to an aromatic ring is 1. The fourth-order valence-electron chi connectivity index (χ4n) is 2.86. The molecule has 1 aliphatic rings. The molecule has 0 unspecified atom stereocenters. The lowest BCUT2D eigenvalue weighted by Gasteiger charge is -2.13. The van der Waals surface area contributed by atoms with Gasteiger partial charge in [-0.3, -0.25) is 0 Å². The molecule has 0 bridgehead atoms. The quantitative estimate of drug-likeness (QED) is 0.822. The van der Waals surface area contributed by atoms with Crippen molar-refractivity contribution >= 4 is 21.9 Å². The fourth-order valence-corrected chi connectivity index (χ4v) is 3.12. The second-order valence-corrected chi connectivity index (χ2v) is 6.49. The Morgan fingerprint density at radius 3 is 2.24 bits per heavy atom. The first-order valence-electron chi connectivity index (χ1n) is 7.50. The Bertz CT molecular complexity index is 604. The summed E-state index contributed by atoms with van der Waals surface area (Å²) in [6.07, 6.45) is 7.45. The molecule has 1 saturated carbocycles. The molecule has 0 amide bonds. The average Bonchev–Trinajstić information content (AvgIpc) is 2.76. The van der Waals surface area contributed by atoms with Crippen molar-refractivity contribution in [3.8, 4) is 11.4 Å². The van der Waals surface area contributed by atoms with E-state index in [4.69, 9.17) is 5.73 Å². The minimum absolute atomic E-state index is 0.321. The summed E-state index contributed by atoms with van der Waals surface area (Å²) in [5.74, 6) is 2.28. The molecule has 2 N–H and O–H groups in total. The molecule has 0 aliphatic heterocycles. The Hall–Kier alpha value is -1.49. The van der Waals surface area contributed by atoms with Crippen LogP contribution in [-0.4, -0.2) is 15.0 Å². The van der Waals surface area contributed by atoms with Gasteiger partial charge in [-0.05, 0) is 25.0 Å². The van der Waals surface area contributed by atoms with Crippen molar-refractivity contribution < 1.29 is 0 Å². The van der Waals surface area contributed by atoms with Gasteiger partial charge >= 0.3 is 0 Å². The molecule has 1 aromatic carbocycles. The van der Waals surface area contributed by atoms with Crippen LogP contribution in [0.15, 0.2) is 28.7 Å². The van der Waals surface area contributed by atoms with Crippen molar-refractivity contribution in [1.29, 1.82) is 0 Å². The zero-order chi connectivity index (χ0) is 14.7. The van der Waals surface area contributed by atoms with Gasteiger partial charge in [0.15, 0.2) is 5.82 Å². The molecule has 21 heavy (non-hydrogen) atoms. The maximum absolute atomic E-state index is 5.90. The third-order valence-corrected chi connectivity index (χ3v) is 4.52. The lowest BCUT2D eigenvalue weighted by atomic mass is 9.99. The highest BCUT2D eigenvalue weighted by Crippen LogP contribution is 2.30. The lowest BCUT2D eigenvalue weighted by molar-refractivity contribution is 0.559. The highest BCUT2D eigenvalue weighted by Gasteiger charge is 2.19. The van der Waals surface area contributed by atoms with E-state index in [1.54, 1.807) is 0 Å². The molecule has 1 heterocycles. The largest absolute Gasteiger partial charge is 0.368 e. The third kappa shape index (κ3) is 3.59. The summed E-state index contributed by atoms with van der Waals surface area (Å²) in [4.78, 5) is 13.4. The molecule has 4 nitrogen and oxygen atoms in total. The Morgan fingerprint density at radius 2 is 1.57 bits per heavy atom. The molecular weight excluding hydrogens is 328 g/mol. The minimum Gasteiger partial charge on any atom is -0.368 e. The van der Waals surface area contributed by atoms with Crippen LogP contribution in [0.5, 0.6) is 0 Å². The van der Waals surface area contributed by atoms with Gasteiger partial charge in [0.05, 0.1) is 0 Å². The Balaban J connectivity index is 1.93. The number of nitrogens with zero attached hydrogens (tertiary/aromatic N) is 3. The second-order valence-electron chi connectivity index (χ2n) is 5.57. The molecule has 2 aromatic rings. The van der Waals surface area contributed by atoms with E-state index in [0.717, 1.165) is 28.7 Å². The zero-order valence-corrected chi connectivity index (χ0v) is 13.5. The Labute approximate surface area is 133 Å². The van der Waals surface area contributed by atoms with E-state index < -0.39 is 0 Å². The number of benzene rings is 1. The molecular formula is C16H19BrN4. The maximum atomic E-state index is 5.90. The summed E-state index contributed by atoms with van der Waals surface area (Å²) in [5, 5.41) is 0. The van der Waals surface area contributed by atoms with Crippen molar-refractivity contribution in [3.05, 3.63) is 34.6 Å². The van der Waals surface area contributed by atoms with Crippen LogP contribution < -0.4 is 5.73 Å². The highest BCUT2D eigenvalue weighted by atomic mass is 79.9. The van der Waals surface area contributed by atoms with Gasteiger partial charge in [-0.15, -0.1) is 0 Å². The molecule has 0 radical (unpaired) electrons. The summed E-state index contributed by atoms with van der Waals surface area (Å²) in [6, 6.07) is 7.97. The predicted octanol–water partition coefficient (Wildman–Crippen LogP) is 4.32. The number of hydrogen-bond donors (Lipinski definition) is 1. The van der Waals surface area contributed by atoms with E-state index in [0.29, 0.717) is 17.7 Å². The monoisotopic (exact) mass is 346 g/mol. The molecule has 110 valence electrons. The first kappa shape index (κ1) is 14.4. The summed E-state index contributed by atoms with van der Waals surface area (Å²) >= 11 is 3.44. The maximum Gasteiger partial charge on any atom is 0.223 e. The van der Waals surface area contributed by atoms with Crippen LogP contribution in [0.2, 0.25) is 0 Å². The fraction of sp³-hybridized carbons (Fsp3) is 0.438. The lowest BCUT2D eigenvalue weighted by Crippen LogP contribution is -2.09. The summed E-state index contributed by atoms with van der Waals surface area (Å²) in [5.41, 5.74) is 6.88. The SMILES string of the molecule is Nc1nc(-c2ccc(Br)cc2)nc(C2CCCCCC2)n1. The van der Waals surface area contributed by atoms with E-state index in [2.05, 4.69) is 30.9 Å². The zero-order valence-electron chi connectivity index (χ0n) is 11.9. The summed E-state index contributed by atoms with van der Waals surface area (Å²) < 4.78 is 1.04. The minimum atomic E-state index is 0.321. The van der Waals surface area contributed by atoms with E-state index in [1.807, 2.05) is 24.3 Å². The van der Waals surface area contributed by atoms with Crippen LogP contribution in [0.25, 0.3) is 11.4 Å². The number of hydrogen-bond acceptors (Lipinski definition) is 4. The normalized spacial score (nSPS) is 16.6. The van der Waals surface area contributed by atoms with Gasteiger partial charge < -0.3 is 5.73 Å². The average molecular weight is 347 g/mol. The van der Waals surface area contributed by atoms with Crippen molar-refractivity contribution in [1.82, 2.24) is 15.0 Å². The summed E-state index contributed by atoms with van der Waals surface area (Å²) in [7, 11) is 0. The van der Waals surface area contributed by atoms with Gasteiger partial charge in [-0.2, -0.15) is 9.97 Å². The molecule has 5 heteroatoms. The molecule has 0 saturated heterocycles. The van der Waals surface area contributed by atoms with E-state index in [-0.39, 0.29) is 0 Å². The summed E-state index contributed by atoms with van der Waals surface area (Å²) in [6.45, 7) is 0. The number of anilines is 1. The number of rotatable bonds is 2. The molecule has 1 aromatic heterocycles. The smallest absolute Gasteiger partial charge is 0.223 e. The van der Waals surface area contributed by atoms with E-state index >= 15 is 0 Å². The molecule has 1 fully saturated rings. The number of halogens is 1. The van der Waals surface area contributed by atoms with Gasteiger partial charge in [-0.1, -0.05) is 53.7 Å². The van der Waals surface area contributed by atoms with Crippen molar-refractivity contribution in [2.75, 3.05) is 5.73 Å². The first-order chi connectivity index (χ1) is 10.2. The van der Waals surface area contributed by atoms with Gasteiger partial charge in [0.2, 0.25) is 5.95 Å². The van der Waals surface area contributed by atoms with Gasteiger partial charge in [0.1, 0.15) is 5.82 Å². The van der Waals surface area contributed by atoms with Crippen LogP contribution in [0.4, 0.5) is 5.95 Å². The van der Waals surface area contributed by atoms with E-state index in [9.17, 15) is 0 Å². The third-order valence-electron chi connectivity index (χ3n) is 3.99. The number of aromatic nitrogens is 3.